The Morgan fingerprint density at radius 3 is 2.59 bits per heavy atom. The van der Waals surface area contributed by atoms with E-state index in [4.69, 9.17) is 9.52 Å². The minimum Gasteiger partial charge on any atom is -0.480 e. The SMILES string of the molecule is CCCC(NC(=O)c1ncoc1-c1ccc(C)cc1)C(=O)O. The zero-order chi connectivity index (χ0) is 16.1. The molecular weight excluding hydrogens is 284 g/mol. The summed E-state index contributed by atoms with van der Waals surface area (Å²) in [5, 5.41) is 11.6. The molecule has 0 saturated heterocycles. The summed E-state index contributed by atoms with van der Waals surface area (Å²) < 4.78 is 5.29. The van der Waals surface area contributed by atoms with Crippen LogP contribution in [0.15, 0.2) is 35.1 Å². The molecule has 0 aliphatic rings. The second-order valence-electron chi connectivity index (χ2n) is 5.05. The molecular formula is C16H18N2O4. The Kier molecular flexibility index (Phi) is 4.93. The van der Waals surface area contributed by atoms with Crippen LogP contribution in [0.1, 0.15) is 35.8 Å². The highest BCUT2D eigenvalue weighted by Gasteiger charge is 2.24. The molecule has 0 spiro atoms. The highest BCUT2D eigenvalue weighted by Crippen LogP contribution is 2.23. The van der Waals surface area contributed by atoms with Gasteiger partial charge in [-0.15, -0.1) is 0 Å². The molecule has 0 aliphatic heterocycles. The Bertz CT molecular complexity index is 661. The number of amides is 1. The van der Waals surface area contributed by atoms with E-state index in [0.29, 0.717) is 18.6 Å². The third-order valence-electron chi connectivity index (χ3n) is 3.28. The molecule has 116 valence electrons. The molecule has 0 radical (unpaired) electrons. The monoisotopic (exact) mass is 302 g/mol. The number of aliphatic carboxylic acids is 1. The van der Waals surface area contributed by atoms with E-state index in [1.165, 1.54) is 6.39 Å². The number of aryl methyl sites for hydroxylation is 1. The van der Waals surface area contributed by atoms with Crippen molar-refractivity contribution in [1.82, 2.24) is 10.3 Å². The summed E-state index contributed by atoms with van der Waals surface area (Å²) >= 11 is 0. The lowest BCUT2D eigenvalue weighted by Gasteiger charge is -2.12. The maximum absolute atomic E-state index is 12.3. The zero-order valence-electron chi connectivity index (χ0n) is 12.5. The van der Waals surface area contributed by atoms with Crippen molar-refractivity contribution in [3.63, 3.8) is 0 Å². The summed E-state index contributed by atoms with van der Waals surface area (Å²) in [6.07, 6.45) is 2.19. The van der Waals surface area contributed by atoms with E-state index in [1.54, 1.807) is 0 Å². The maximum atomic E-state index is 12.3. The van der Waals surface area contributed by atoms with E-state index in [0.717, 1.165) is 11.1 Å². The van der Waals surface area contributed by atoms with E-state index in [-0.39, 0.29) is 5.69 Å². The van der Waals surface area contributed by atoms with E-state index in [2.05, 4.69) is 10.3 Å². The Labute approximate surface area is 128 Å². The fourth-order valence-corrected chi connectivity index (χ4v) is 2.09. The summed E-state index contributed by atoms with van der Waals surface area (Å²) in [5.74, 6) is -1.28. The third-order valence-corrected chi connectivity index (χ3v) is 3.28. The van der Waals surface area contributed by atoms with Gasteiger partial charge in [-0.1, -0.05) is 43.2 Å². The lowest BCUT2D eigenvalue weighted by atomic mass is 10.1. The number of oxazole rings is 1. The van der Waals surface area contributed by atoms with Gasteiger partial charge in [-0.3, -0.25) is 4.79 Å². The Balaban J connectivity index is 2.23. The molecule has 0 aliphatic carbocycles. The molecule has 2 rings (SSSR count). The summed E-state index contributed by atoms with van der Waals surface area (Å²) in [6, 6.07) is 6.52. The van der Waals surface area contributed by atoms with Crippen molar-refractivity contribution in [3.05, 3.63) is 41.9 Å². The first-order valence-corrected chi connectivity index (χ1v) is 7.07. The first-order valence-electron chi connectivity index (χ1n) is 7.07. The fraction of sp³-hybridized carbons (Fsp3) is 0.312. The fourth-order valence-electron chi connectivity index (χ4n) is 2.09. The van der Waals surface area contributed by atoms with Crippen LogP contribution < -0.4 is 5.32 Å². The molecule has 2 aromatic rings. The number of carbonyl (C=O) groups excluding carboxylic acids is 1. The number of rotatable bonds is 6. The predicted molar refractivity (Wildman–Crippen MR) is 80.5 cm³/mol. The van der Waals surface area contributed by atoms with Gasteiger partial charge < -0.3 is 14.8 Å². The number of aromatic nitrogens is 1. The van der Waals surface area contributed by atoms with Gasteiger partial charge in [0.1, 0.15) is 6.04 Å². The average molecular weight is 302 g/mol. The van der Waals surface area contributed by atoms with Crippen LogP contribution in [-0.2, 0) is 4.79 Å². The van der Waals surface area contributed by atoms with Gasteiger partial charge in [0, 0.05) is 5.56 Å². The van der Waals surface area contributed by atoms with Crippen LogP contribution >= 0.6 is 0 Å². The van der Waals surface area contributed by atoms with Crippen LogP contribution in [0.2, 0.25) is 0 Å². The minimum atomic E-state index is -1.06. The van der Waals surface area contributed by atoms with Crippen LogP contribution in [0.4, 0.5) is 0 Å². The van der Waals surface area contributed by atoms with Gasteiger partial charge in [0.05, 0.1) is 0 Å². The van der Waals surface area contributed by atoms with Crippen LogP contribution in [0, 0.1) is 6.92 Å². The summed E-state index contributed by atoms with van der Waals surface area (Å²) in [6.45, 7) is 3.82. The van der Waals surface area contributed by atoms with E-state index in [1.807, 2.05) is 38.1 Å². The molecule has 1 unspecified atom stereocenters. The van der Waals surface area contributed by atoms with Crippen molar-refractivity contribution in [1.29, 1.82) is 0 Å². The smallest absolute Gasteiger partial charge is 0.326 e. The van der Waals surface area contributed by atoms with Crippen LogP contribution in [0.25, 0.3) is 11.3 Å². The van der Waals surface area contributed by atoms with Crippen LogP contribution in [-0.4, -0.2) is 28.0 Å². The molecule has 1 heterocycles. The summed E-state index contributed by atoms with van der Waals surface area (Å²) in [4.78, 5) is 27.3. The first kappa shape index (κ1) is 15.8. The standard InChI is InChI=1S/C16H18N2O4/c1-3-4-12(16(20)21)18-15(19)13-14(22-9-17-13)11-7-5-10(2)6-8-11/h5-9,12H,3-4H2,1-2H3,(H,18,19)(H,20,21). The van der Waals surface area contributed by atoms with Crippen molar-refractivity contribution in [2.45, 2.75) is 32.7 Å². The molecule has 1 aromatic heterocycles. The number of hydrogen-bond acceptors (Lipinski definition) is 4. The number of nitrogens with zero attached hydrogens (tertiary/aromatic N) is 1. The molecule has 1 aromatic carbocycles. The lowest BCUT2D eigenvalue weighted by molar-refractivity contribution is -0.139. The number of carboxylic acids is 1. The van der Waals surface area contributed by atoms with Crippen LogP contribution in [0.3, 0.4) is 0 Å². The van der Waals surface area contributed by atoms with Gasteiger partial charge in [-0.25, -0.2) is 9.78 Å². The molecule has 6 nitrogen and oxygen atoms in total. The normalized spacial score (nSPS) is 11.9. The van der Waals surface area contributed by atoms with Gasteiger partial charge >= 0.3 is 5.97 Å². The molecule has 2 N–H and O–H groups in total. The van der Waals surface area contributed by atoms with Crippen molar-refractivity contribution < 1.29 is 19.1 Å². The molecule has 22 heavy (non-hydrogen) atoms. The number of benzene rings is 1. The Morgan fingerprint density at radius 2 is 2.00 bits per heavy atom. The first-order chi connectivity index (χ1) is 10.5. The quantitative estimate of drug-likeness (QED) is 0.855. The van der Waals surface area contributed by atoms with E-state index >= 15 is 0 Å². The average Bonchev–Trinajstić information content (AvgIpc) is 2.97. The van der Waals surface area contributed by atoms with Crippen molar-refractivity contribution >= 4 is 11.9 Å². The maximum Gasteiger partial charge on any atom is 0.326 e. The molecule has 6 heteroatoms. The molecule has 0 fully saturated rings. The summed E-state index contributed by atoms with van der Waals surface area (Å²) in [5.41, 5.74) is 1.89. The van der Waals surface area contributed by atoms with Crippen molar-refractivity contribution in [3.8, 4) is 11.3 Å². The number of hydrogen-bond donors (Lipinski definition) is 2. The molecule has 0 saturated carbocycles. The predicted octanol–water partition coefficient (Wildman–Crippen LogP) is 2.63. The van der Waals surface area contributed by atoms with Crippen molar-refractivity contribution in [2.75, 3.05) is 0 Å². The van der Waals surface area contributed by atoms with E-state index in [9.17, 15) is 9.59 Å². The summed E-state index contributed by atoms with van der Waals surface area (Å²) in [7, 11) is 0. The van der Waals surface area contributed by atoms with Gasteiger partial charge in [-0.05, 0) is 13.3 Å². The van der Waals surface area contributed by atoms with Gasteiger partial charge in [0.25, 0.3) is 5.91 Å². The Hall–Kier alpha value is -2.63. The van der Waals surface area contributed by atoms with E-state index < -0.39 is 17.9 Å². The van der Waals surface area contributed by atoms with Gasteiger partial charge in [-0.2, -0.15) is 0 Å². The van der Waals surface area contributed by atoms with Crippen LogP contribution in [0.5, 0.6) is 0 Å². The Morgan fingerprint density at radius 1 is 1.32 bits per heavy atom. The van der Waals surface area contributed by atoms with Crippen molar-refractivity contribution in [2.24, 2.45) is 0 Å². The lowest BCUT2D eigenvalue weighted by Crippen LogP contribution is -2.40. The molecule has 0 bridgehead atoms. The number of carboxylic acid groups (broad SMARTS) is 1. The molecule has 1 amide bonds. The highest BCUT2D eigenvalue weighted by atomic mass is 16.4. The molecule has 1 atom stereocenters. The van der Waals surface area contributed by atoms with Gasteiger partial charge in [0.2, 0.25) is 0 Å². The third kappa shape index (κ3) is 3.52. The largest absolute Gasteiger partial charge is 0.480 e. The second kappa shape index (κ2) is 6.89. The minimum absolute atomic E-state index is 0.0891. The highest BCUT2D eigenvalue weighted by molar-refractivity contribution is 5.99. The second-order valence-corrected chi connectivity index (χ2v) is 5.05. The number of nitrogens with one attached hydrogen (secondary N) is 1. The zero-order valence-corrected chi connectivity index (χ0v) is 12.5. The number of carbonyl (C=O) groups is 2. The van der Waals surface area contributed by atoms with Gasteiger partial charge in [0.15, 0.2) is 17.8 Å². The topological polar surface area (TPSA) is 92.4 Å².